The average Bonchev–Trinajstić information content (AvgIpc) is 2.36. The molecule has 0 fully saturated rings. The summed E-state index contributed by atoms with van der Waals surface area (Å²) < 4.78 is 23.0. The van der Waals surface area contributed by atoms with Gasteiger partial charge in [-0.25, -0.2) is 14.2 Å². The van der Waals surface area contributed by atoms with Crippen LogP contribution in [0.25, 0.3) is 10.9 Å². The van der Waals surface area contributed by atoms with Crippen LogP contribution in [0.3, 0.4) is 0 Å². The molecular formula is C12H9ClFNO3. The minimum Gasteiger partial charge on any atom is -0.496 e. The first-order valence-electron chi connectivity index (χ1n) is 4.99. The number of aromatic nitrogens is 1. The minimum atomic E-state index is -0.615. The molecule has 1 aromatic carbocycles. The van der Waals surface area contributed by atoms with Gasteiger partial charge in [0.05, 0.1) is 24.8 Å². The average molecular weight is 270 g/mol. The molecule has 2 rings (SSSR count). The van der Waals surface area contributed by atoms with Crippen LogP contribution in [0.1, 0.15) is 10.5 Å². The van der Waals surface area contributed by atoms with Crippen LogP contribution in [0.15, 0.2) is 18.2 Å². The monoisotopic (exact) mass is 269 g/mol. The fourth-order valence-electron chi connectivity index (χ4n) is 1.60. The zero-order valence-electron chi connectivity index (χ0n) is 9.66. The van der Waals surface area contributed by atoms with Crippen LogP contribution >= 0.6 is 11.6 Å². The number of pyridine rings is 1. The second-order valence-electron chi connectivity index (χ2n) is 3.49. The van der Waals surface area contributed by atoms with E-state index in [4.69, 9.17) is 16.3 Å². The van der Waals surface area contributed by atoms with Gasteiger partial charge < -0.3 is 9.47 Å². The van der Waals surface area contributed by atoms with Crippen LogP contribution in [0.2, 0.25) is 5.02 Å². The highest BCUT2D eigenvalue weighted by Crippen LogP contribution is 2.31. The van der Waals surface area contributed by atoms with Gasteiger partial charge in [0.1, 0.15) is 11.6 Å². The third kappa shape index (κ3) is 2.09. The summed E-state index contributed by atoms with van der Waals surface area (Å²) in [6, 6.07) is 3.75. The maximum Gasteiger partial charge on any atom is 0.356 e. The highest BCUT2D eigenvalue weighted by atomic mass is 35.5. The molecule has 0 spiro atoms. The van der Waals surface area contributed by atoms with Gasteiger partial charge in [0.25, 0.3) is 0 Å². The van der Waals surface area contributed by atoms with Gasteiger partial charge in [0.2, 0.25) is 0 Å². The Hall–Kier alpha value is -1.88. The van der Waals surface area contributed by atoms with Crippen LogP contribution in [0.4, 0.5) is 4.39 Å². The van der Waals surface area contributed by atoms with E-state index in [1.165, 1.54) is 26.4 Å². The Morgan fingerprint density at radius 1 is 1.33 bits per heavy atom. The zero-order chi connectivity index (χ0) is 13.3. The fraction of sp³-hybridized carbons (Fsp3) is 0.167. The first-order chi connectivity index (χ1) is 8.56. The van der Waals surface area contributed by atoms with Crippen molar-refractivity contribution in [1.29, 1.82) is 0 Å². The van der Waals surface area contributed by atoms with Crippen molar-refractivity contribution in [2.24, 2.45) is 0 Å². The largest absolute Gasteiger partial charge is 0.496 e. The maximum atomic E-state index is 13.3. The molecule has 0 amide bonds. The quantitative estimate of drug-likeness (QED) is 0.787. The molecule has 1 heterocycles. The van der Waals surface area contributed by atoms with Crippen LogP contribution in [-0.2, 0) is 4.74 Å². The van der Waals surface area contributed by atoms with Gasteiger partial charge in [-0.15, -0.1) is 0 Å². The number of esters is 1. The first kappa shape index (κ1) is 12.6. The normalized spacial score (nSPS) is 10.4. The molecule has 0 aliphatic carbocycles. The van der Waals surface area contributed by atoms with E-state index in [2.05, 4.69) is 9.72 Å². The van der Waals surface area contributed by atoms with Gasteiger partial charge in [0.15, 0.2) is 5.69 Å². The van der Waals surface area contributed by atoms with Crippen LogP contribution in [-0.4, -0.2) is 25.2 Å². The zero-order valence-corrected chi connectivity index (χ0v) is 10.4. The van der Waals surface area contributed by atoms with E-state index in [1.807, 2.05) is 0 Å². The third-order valence-corrected chi connectivity index (χ3v) is 2.70. The molecule has 2 aromatic rings. The maximum absolute atomic E-state index is 13.3. The lowest BCUT2D eigenvalue weighted by atomic mass is 10.1. The van der Waals surface area contributed by atoms with Crippen LogP contribution in [0.5, 0.6) is 5.75 Å². The van der Waals surface area contributed by atoms with Crippen molar-refractivity contribution in [3.63, 3.8) is 0 Å². The Morgan fingerprint density at radius 3 is 2.67 bits per heavy atom. The first-order valence-corrected chi connectivity index (χ1v) is 5.36. The van der Waals surface area contributed by atoms with Crippen LogP contribution < -0.4 is 4.74 Å². The molecule has 0 atom stereocenters. The number of methoxy groups -OCH3 is 2. The summed E-state index contributed by atoms with van der Waals surface area (Å²) in [5, 5.41) is 0.504. The number of halogens is 2. The number of rotatable bonds is 2. The molecule has 0 saturated heterocycles. The van der Waals surface area contributed by atoms with Crippen LogP contribution in [0, 0.1) is 5.82 Å². The second-order valence-corrected chi connectivity index (χ2v) is 3.89. The summed E-state index contributed by atoms with van der Waals surface area (Å²) in [7, 11) is 2.65. The van der Waals surface area contributed by atoms with E-state index in [9.17, 15) is 9.18 Å². The molecule has 0 unspecified atom stereocenters. The molecule has 0 saturated carbocycles. The van der Waals surface area contributed by atoms with Gasteiger partial charge in [0, 0.05) is 11.5 Å². The molecule has 1 aromatic heterocycles. The van der Waals surface area contributed by atoms with E-state index in [0.29, 0.717) is 11.1 Å². The molecule has 0 N–H and O–H groups in total. The Balaban J connectivity index is 2.79. The minimum absolute atomic E-state index is 0.0513. The summed E-state index contributed by atoms with van der Waals surface area (Å²) in [4.78, 5) is 15.5. The van der Waals surface area contributed by atoms with Crippen molar-refractivity contribution in [2.75, 3.05) is 14.2 Å². The number of ether oxygens (including phenoxy) is 2. The van der Waals surface area contributed by atoms with E-state index in [0.717, 1.165) is 6.07 Å². The lowest BCUT2D eigenvalue weighted by Crippen LogP contribution is -2.05. The molecule has 0 aliphatic rings. The number of hydrogen-bond donors (Lipinski definition) is 0. The van der Waals surface area contributed by atoms with Gasteiger partial charge >= 0.3 is 5.97 Å². The number of nitrogens with zero attached hydrogens (tertiary/aromatic N) is 1. The molecule has 0 radical (unpaired) electrons. The smallest absolute Gasteiger partial charge is 0.356 e. The highest BCUT2D eigenvalue weighted by molar-refractivity contribution is 6.35. The number of carbonyl (C=O) groups is 1. The summed E-state index contributed by atoms with van der Waals surface area (Å²) in [6.07, 6.45) is 0. The number of hydrogen-bond acceptors (Lipinski definition) is 4. The molecule has 0 bridgehead atoms. The van der Waals surface area contributed by atoms with Gasteiger partial charge in [-0.2, -0.15) is 0 Å². The van der Waals surface area contributed by atoms with Gasteiger partial charge in [-0.05, 0) is 12.1 Å². The Bertz CT molecular complexity index is 630. The molecule has 0 aliphatic heterocycles. The summed E-state index contributed by atoms with van der Waals surface area (Å²) in [6.45, 7) is 0. The molecule has 4 nitrogen and oxygen atoms in total. The van der Waals surface area contributed by atoms with Crippen molar-refractivity contribution in [2.45, 2.75) is 0 Å². The Kier molecular flexibility index (Phi) is 3.34. The third-order valence-electron chi connectivity index (χ3n) is 2.41. The van der Waals surface area contributed by atoms with Crippen molar-refractivity contribution in [3.8, 4) is 5.75 Å². The van der Waals surface area contributed by atoms with Crippen molar-refractivity contribution < 1.29 is 18.7 Å². The summed E-state index contributed by atoms with van der Waals surface area (Å²) in [5.74, 6) is -0.809. The molecule has 18 heavy (non-hydrogen) atoms. The standard InChI is InChI=1S/C12H9ClFNO3/c1-17-10-5-9(12(16)18-2)15-11-7(10)3-6(14)4-8(11)13/h3-5H,1-2H3. The Labute approximate surface area is 107 Å². The lowest BCUT2D eigenvalue weighted by molar-refractivity contribution is 0.0594. The van der Waals surface area contributed by atoms with E-state index in [1.54, 1.807) is 0 Å². The van der Waals surface area contributed by atoms with Gasteiger partial charge in [-0.3, -0.25) is 0 Å². The molecule has 6 heteroatoms. The van der Waals surface area contributed by atoms with Crippen molar-refractivity contribution >= 4 is 28.5 Å². The SMILES string of the molecule is COC(=O)c1cc(OC)c2cc(F)cc(Cl)c2n1. The second kappa shape index (κ2) is 4.78. The fourth-order valence-corrected chi connectivity index (χ4v) is 1.85. The predicted molar refractivity (Wildman–Crippen MR) is 64.6 cm³/mol. The summed E-state index contributed by atoms with van der Waals surface area (Å²) in [5.41, 5.74) is 0.341. The Morgan fingerprint density at radius 2 is 2.06 bits per heavy atom. The highest BCUT2D eigenvalue weighted by Gasteiger charge is 2.15. The number of carbonyl (C=O) groups excluding carboxylic acids is 1. The lowest BCUT2D eigenvalue weighted by Gasteiger charge is -2.08. The molecular weight excluding hydrogens is 261 g/mol. The number of benzene rings is 1. The van der Waals surface area contributed by atoms with E-state index >= 15 is 0 Å². The topological polar surface area (TPSA) is 48.4 Å². The van der Waals surface area contributed by atoms with E-state index in [-0.39, 0.29) is 16.2 Å². The number of fused-ring (bicyclic) bond motifs is 1. The molecule has 94 valence electrons. The predicted octanol–water partition coefficient (Wildman–Crippen LogP) is 2.82. The van der Waals surface area contributed by atoms with Crippen molar-refractivity contribution in [1.82, 2.24) is 4.98 Å². The summed E-state index contributed by atoms with van der Waals surface area (Å²) >= 11 is 5.90. The van der Waals surface area contributed by atoms with Crippen molar-refractivity contribution in [3.05, 3.63) is 34.7 Å². The van der Waals surface area contributed by atoms with E-state index < -0.39 is 11.8 Å². The van der Waals surface area contributed by atoms with Gasteiger partial charge in [-0.1, -0.05) is 11.6 Å².